The van der Waals surface area contributed by atoms with Gasteiger partial charge in [0.2, 0.25) is 0 Å². The second kappa shape index (κ2) is 9.66. The van der Waals surface area contributed by atoms with Gasteiger partial charge >= 0.3 is 0 Å². The Kier molecular flexibility index (Phi) is 6.60. The third kappa shape index (κ3) is 4.13. The van der Waals surface area contributed by atoms with E-state index >= 15 is 0 Å². The standard InChI is InChI=1S/C30H33N3O6/c1-32(2)13-14-7-5-6-8-16(14)17-9-10-20(34)22-18(17)11-15-12-19-23(27(36)21(15)26(22)35)28(37)24(30(31)39)29(38)25(19)33(3)4/h5-10,15,19,23,25,34-35,38H,11-13H2,1-4H3,(H2,31,39)/t15?,19?,23?,25-/m0/s1. The molecule has 0 spiro atoms. The molecule has 0 saturated heterocycles. The van der Waals surface area contributed by atoms with Crippen molar-refractivity contribution in [1.29, 1.82) is 0 Å². The Balaban J connectivity index is 1.68. The van der Waals surface area contributed by atoms with Gasteiger partial charge < -0.3 is 26.0 Å². The Bertz CT molecular complexity index is 1470. The van der Waals surface area contributed by atoms with E-state index < -0.39 is 52.6 Å². The van der Waals surface area contributed by atoms with Crippen molar-refractivity contribution in [2.24, 2.45) is 23.5 Å². The molecule has 3 aliphatic carbocycles. The number of ketones is 2. The number of hydrogen-bond donors (Lipinski definition) is 4. The SMILES string of the molecule is CN(C)Cc1ccccc1-c1ccc(O)c2c1CC1CC3C(C(=O)C(C(N)=O)=C(O)[C@H]3N(C)C)C(=O)C1=C2O. The smallest absolute Gasteiger partial charge is 0.255 e. The molecule has 9 heteroatoms. The molecule has 3 aliphatic rings. The van der Waals surface area contributed by atoms with Crippen molar-refractivity contribution >= 4 is 23.2 Å². The zero-order chi connectivity index (χ0) is 28.3. The van der Waals surface area contributed by atoms with Crippen LogP contribution in [0.5, 0.6) is 5.75 Å². The first-order chi connectivity index (χ1) is 18.4. The summed E-state index contributed by atoms with van der Waals surface area (Å²) in [6.45, 7) is 0.686. The molecule has 0 aliphatic heterocycles. The third-order valence-corrected chi connectivity index (χ3v) is 8.24. The Morgan fingerprint density at radius 3 is 2.31 bits per heavy atom. The number of hydrogen-bond acceptors (Lipinski definition) is 8. The molecule has 5 N–H and O–H groups in total. The summed E-state index contributed by atoms with van der Waals surface area (Å²) in [6.07, 6.45) is 0.666. The number of benzene rings is 2. The van der Waals surface area contributed by atoms with Gasteiger partial charge in [-0.3, -0.25) is 19.3 Å². The van der Waals surface area contributed by atoms with Crippen molar-refractivity contribution in [3.63, 3.8) is 0 Å². The maximum absolute atomic E-state index is 13.9. The van der Waals surface area contributed by atoms with E-state index in [1.807, 2.05) is 44.4 Å². The zero-order valence-electron chi connectivity index (χ0n) is 22.4. The van der Waals surface area contributed by atoms with Crippen LogP contribution in [0.1, 0.15) is 23.1 Å². The van der Waals surface area contributed by atoms with Crippen molar-refractivity contribution in [3.05, 3.63) is 70.0 Å². The molecule has 204 valence electrons. The zero-order valence-corrected chi connectivity index (χ0v) is 22.4. The fourth-order valence-electron chi connectivity index (χ4n) is 6.78. The molecule has 2 aromatic rings. The number of nitrogens with zero attached hydrogens (tertiary/aromatic N) is 2. The Morgan fingerprint density at radius 1 is 0.974 bits per heavy atom. The van der Waals surface area contributed by atoms with Gasteiger partial charge in [-0.1, -0.05) is 30.3 Å². The molecule has 0 bridgehead atoms. The average Bonchev–Trinajstić information content (AvgIpc) is 2.83. The summed E-state index contributed by atoms with van der Waals surface area (Å²) in [4.78, 5) is 43.1. The van der Waals surface area contributed by atoms with Crippen molar-refractivity contribution in [2.75, 3.05) is 28.2 Å². The predicted octanol–water partition coefficient (Wildman–Crippen LogP) is 2.58. The number of carbonyl (C=O) groups is 3. The van der Waals surface area contributed by atoms with E-state index in [0.29, 0.717) is 19.4 Å². The van der Waals surface area contributed by atoms with Crippen LogP contribution in [0, 0.1) is 17.8 Å². The number of nitrogens with two attached hydrogens (primary N) is 1. The lowest BCUT2D eigenvalue weighted by molar-refractivity contribution is -0.136. The van der Waals surface area contributed by atoms with E-state index in [-0.39, 0.29) is 22.6 Å². The van der Waals surface area contributed by atoms with Crippen molar-refractivity contribution < 1.29 is 29.7 Å². The van der Waals surface area contributed by atoms with Gasteiger partial charge in [0.15, 0.2) is 11.6 Å². The second-order valence-electron chi connectivity index (χ2n) is 11.2. The number of primary amides is 1. The lowest BCUT2D eigenvalue weighted by atomic mass is 9.59. The van der Waals surface area contributed by atoms with Gasteiger partial charge in [0.1, 0.15) is 22.8 Å². The minimum Gasteiger partial charge on any atom is -0.510 e. The highest BCUT2D eigenvalue weighted by Crippen LogP contribution is 2.51. The number of allylic oxidation sites excluding steroid dienone is 1. The molecule has 5 rings (SSSR count). The van der Waals surface area contributed by atoms with Gasteiger partial charge in [-0.15, -0.1) is 0 Å². The van der Waals surface area contributed by atoms with Crippen LogP contribution in [0.25, 0.3) is 16.9 Å². The van der Waals surface area contributed by atoms with E-state index in [1.165, 1.54) is 6.07 Å². The molecule has 1 saturated carbocycles. The first-order valence-electron chi connectivity index (χ1n) is 12.9. The molecular weight excluding hydrogens is 498 g/mol. The third-order valence-electron chi connectivity index (χ3n) is 8.24. The van der Waals surface area contributed by atoms with Crippen LogP contribution in [0.4, 0.5) is 0 Å². The normalized spacial score (nSPS) is 24.7. The van der Waals surface area contributed by atoms with Crippen molar-refractivity contribution in [1.82, 2.24) is 9.80 Å². The van der Waals surface area contributed by atoms with Gasteiger partial charge in [0.25, 0.3) is 5.91 Å². The van der Waals surface area contributed by atoms with Gasteiger partial charge in [0.05, 0.1) is 17.5 Å². The Hall–Kier alpha value is -3.95. The van der Waals surface area contributed by atoms with Crippen LogP contribution in [-0.2, 0) is 27.3 Å². The molecule has 0 heterocycles. The molecule has 4 atom stereocenters. The number of fused-ring (bicyclic) bond motifs is 3. The number of rotatable bonds is 5. The number of aliphatic hydroxyl groups is 2. The molecule has 1 amide bonds. The van der Waals surface area contributed by atoms with E-state index in [4.69, 9.17) is 5.73 Å². The van der Waals surface area contributed by atoms with E-state index in [9.17, 15) is 29.7 Å². The first kappa shape index (κ1) is 26.6. The van der Waals surface area contributed by atoms with Gasteiger partial charge in [-0.2, -0.15) is 0 Å². The number of phenols is 1. The second-order valence-corrected chi connectivity index (χ2v) is 11.2. The van der Waals surface area contributed by atoms with Crippen LogP contribution < -0.4 is 5.73 Å². The summed E-state index contributed by atoms with van der Waals surface area (Å²) in [5, 5.41) is 33.2. The molecule has 0 radical (unpaired) electrons. The van der Waals surface area contributed by atoms with Gasteiger partial charge in [-0.25, -0.2) is 0 Å². The number of amides is 1. The minimum absolute atomic E-state index is 0.0776. The van der Waals surface area contributed by atoms with Gasteiger partial charge in [0, 0.05) is 12.1 Å². The molecular formula is C30H33N3O6. The van der Waals surface area contributed by atoms with Crippen LogP contribution in [0.15, 0.2) is 53.3 Å². The number of Topliss-reactive ketones (excluding diaryl/α,β-unsaturated/α-hetero) is 2. The maximum atomic E-state index is 13.9. The quantitative estimate of drug-likeness (QED) is 0.340. The highest BCUT2D eigenvalue weighted by atomic mass is 16.3. The van der Waals surface area contributed by atoms with Crippen LogP contribution >= 0.6 is 0 Å². The first-order valence-corrected chi connectivity index (χ1v) is 12.9. The van der Waals surface area contributed by atoms with Crippen molar-refractivity contribution in [3.8, 4) is 16.9 Å². The molecule has 3 unspecified atom stereocenters. The van der Waals surface area contributed by atoms with Crippen LogP contribution in [0.2, 0.25) is 0 Å². The number of aromatic hydroxyl groups is 1. The van der Waals surface area contributed by atoms with Crippen LogP contribution in [0.3, 0.4) is 0 Å². The lowest BCUT2D eigenvalue weighted by Gasteiger charge is -2.46. The number of carbonyl (C=O) groups excluding carboxylic acids is 3. The topological polar surface area (TPSA) is 144 Å². The predicted molar refractivity (Wildman–Crippen MR) is 146 cm³/mol. The maximum Gasteiger partial charge on any atom is 0.255 e. The summed E-state index contributed by atoms with van der Waals surface area (Å²) in [5.74, 6) is -5.78. The fourth-order valence-corrected chi connectivity index (χ4v) is 6.78. The fraction of sp³-hybridized carbons (Fsp3) is 0.367. The Labute approximate surface area is 226 Å². The summed E-state index contributed by atoms with van der Waals surface area (Å²) in [5.41, 5.74) is 8.73. The van der Waals surface area contributed by atoms with E-state index in [0.717, 1.165) is 22.3 Å². The van der Waals surface area contributed by atoms with Crippen molar-refractivity contribution in [2.45, 2.75) is 25.4 Å². The molecule has 0 aromatic heterocycles. The van der Waals surface area contributed by atoms with E-state index in [1.54, 1.807) is 19.0 Å². The van der Waals surface area contributed by atoms with E-state index in [2.05, 4.69) is 4.90 Å². The summed E-state index contributed by atoms with van der Waals surface area (Å²) < 4.78 is 0. The monoisotopic (exact) mass is 531 g/mol. The number of phenolic OH excluding ortho intramolecular Hbond substituents is 1. The number of likely N-dealkylation sites (N-methyl/N-ethyl adjacent to an activating group) is 1. The largest absolute Gasteiger partial charge is 0.510 e. The Morgan fingerprint density at radius 2 is 1.67 bits per heavy atom. The molecule has 2 aromatic carbocycles. The summed E-state index contributed by atoms with van der Waals surface area (Å²) >= 11 is 0. The molecule has 9 nitrogen and oxygen atoms in total. The van der Waals surface area contributed by atoms with Crippen LogP contribution in [-0.4, -0.2) is 76.8 Å². The highest BCUT2D eigenvalue weighted by molar-refractivity contribution is 6.28. The molecule has 1 fully saturated rings. The number of aliphatic hydroxyl groups excluding tert-OH is 2. The summed E-state index contributed by atoms with van der Waals surface area (Å²) in [7, 11) is 7.36. The average molecular weight is 532 g/mol. The molecule has 39 heavy (non-hydrogen) atoms. The van der Waals surface area contributed by atoms with Gasteiger partial charge in [-0.05, 0) is 81.2 Å². The minimum atomic E-state index is -1.27. The lowest BCUT2D eigenvalue weighted by Crippen LogP contribution is -2.55. The summed E-state index contributed by atoms with van der Waals surface area (Å²) in [6, 6.07) is 10.5. The highest BCUT2D eigenvalue weighted by Gasteiger charge is 2.55.